The van der Waals surface area contributed by atoms with Gasteiger partial charge in [0.25, 0.3) is 0 Å². The zero-order valence-electron chi connectivity index (χ0n) is 19.2. The second kappa shape index (κ2) is 14.7. The van der Waals surface area contributed by atoms with Gasteiger partial charge in [0, 0.05) is 32.7 Å². The first-order chi connectivity index (χ1) is 15.8. The third-order valence-electron chi connectivity index (χ3n) is 5.71. The molecular formula is C26H38N4O2. The number of carbonyl (C=O) groups excluding carboxylic acids is 1. The molecule has 0 aliphatic carbocycles. The molecule has 0 aromatic heterocycles. The van der Waals surface area contributed by atoms with E-state index in [2.05, 4.69) is 50.8 Å². The van der Waals surface area contributed by atoms with Crippen LogP contribution in [0.2, 0.25) is 0 Å². The summed E-state index contributed by atoms with van der Waals surface area (Å²) in [5.74, 6) is -0.153. The van der Waals surface area contributed by atoms with Crippen molar-refractivity contribution < 1.29 is 9.53 Å². The first-order valence-corrected chi connectivity index (χ1v) is 11.9. The van der Waals surface area contributed by atoms with E-state index in [-0.39, 0.29) is 5.97 Å². The minimum absolute atomic E-state index is 0.153. The Morgan fingerprint density at radius 3 is 1.94 bits per heavy atom. The Labute approximate surface area is 192 Å². The molecule has 2 aromatic carbocycles. The SMILES string of the molecule is O=C(CN1CCCNCCN(Cc2ccccc2)CCCNCC1)OCc1ccccc1. The van der Waals surface area contributed by atoms with E-state index in [1.54, 1.807) is 0 Å². The fourth-order valence-corrected chi connectivity index (χ4v) is 3.93. The van der Waals surface area contributed by atoms with Crippen molar-refractivity contribution in [3.63, 3.8) is 0 Å². The minimum atomic E-state index is -0.153. The van der Waals surface area contributed by atoms with Crippen molar-refractivity contribution in [1.82, 2.24) is 20.4 Å². The van der Waals surface area contributed by atoms with Crippen molar-refractivity contribution in [2.75, 3.05) is 58.9 Å². The Morgan fingerprint density at radius 2 is 1.28 bits per heavy atom. The molecule has 1 aliphatic heterocycles. The highest BCUT2D eigenvalue weighted by molar-refractivity contribution is 5.71. The number of hydrogen-bond donors (Lipinski definition) is 2. The van der Waals surface area contributed by atoms with Gasteiger partial charge in [0.1, 0.15) is 6.61 Å². The van der Waals surface area contributed by atoms with Crippen molar-refractivity contribution in [3.05, 3.63) is 71.8 Å². The van der Waals surface area contributed by atoms with Crippen molar-refractivity contribution in [2.24, 2.45) is 0 Å². The number of carbonyl (C=O) groups is 1. The third kappa shape index (κ3) is 9.92. The lowest BCUT2D eigenvalue weighted by atomic mass is 10.2. The second-order valence-corrected chi connectivity index (χ2v) is 8.39. The fraction of sp³-hybridized carbons (Fsp3) is 0.500. The fourth-order valence-electron chi connectivity index (χ4n) is 3.93. The monoisotopic (exact) mass is 438 g/mol. The number of nitrogens with one attached hydrogen (secondary N) is 2. The molecule has 0 saturated carbocycles. The largest absolute Gasteiger partial charge is 0.460 e. The molecule has 0 radical (unpaired) electrons. The van der Waals surface area contributed by atoms with Crippen LogP contribution in [-0.4, -0.2) is 74.7 Å². The van der Waals surface area contributed by atoms with Crippen LogP contribution in [0.15, 0.2) is 60.7 Å². The van der Waals surface area contributed by atoms with E-state index in [1.165, 1.54) is 5.56 Å². The molecule has 1 saturated heterocycles. The number of nitrogens with zero attached hydrogens (tertiary/aromatic N) is 2. The molecule has 6 nitrogen and oxygen atoms in total. The lowest BCUT2D eigenvalue weighted by Gasteiger charge is -2.25. The summed E-state index contributed by atoms with van der Waals surface area (Å²) in [6, 6.07) is 20.6. The molecule has 0 atom stereocenters. The maximum Gasteiger partial charge on any atom is 0.320 e. The van der Waals surface area contributed by atoms with Crippen LogP contribution in [0.3, 0.4) is 0 Å². The maximum atomic E-state index is 12.3. The molecule has 1 aliphatic rings. The first-order valence-electron chi connectivity index (χ1n) is 11.9. The molecule has 1 heterocycles. The van der Waals surface area contributed by atoms with Crippen LogP contribution in [0.5, 0.6) is 0 Å². The van der Waals surface area contributed by atoms with E-state index >= 15 is 0 Å². The van der Waals surface area contributed by atoms with E-state index in [4.69, 9.17) is 4.74 Å². The van der Waals surface area contributed by atoms with Crippen LogP contribution < -0.4 is 10.6 Å². The highest BCUT2D eigenvalue weighted by atomic mass is 16.5. The molecule has 2 aromatic rings. The summed E-state index contributed by atoms with van der Waals surface area (Å²) in [6.45, 7) is 9.39. The molecule has 3 rings (SSSR count). The van der Waals surface area contributed by atoms with E-state index in [1.807, 2.05) is 30.3 Å². The smallest absolute Gasteiger partial charge is 0.320 e. The highest BCUT2D eigenvalue weighted by Crippen LogP contribution is 2.05. The maximum absolute atomic E-state index is 12.3. The van der Waals surface area contributed by atoms with Crippen LogP contribution >= 0.6 is 0 Å². The summed E-state index contributed by atoms with van der Waals surface area (Å²) in [5, 5.41) is 7.12. The Balaban J connectivity index is 1.40. The average molecular weight is 439 g/mol. The lowest BCUT2D eigenvalue weighted by Crippen LogP contribution is -2.40. The molecule has 174 valence electrons. The number of hydrogen-bond acceptors (Lipinski definition) is 6. The van der Waals surface area contributed by atoms with Crippen molar-refractivity contribution in [3.8, 4) is 0 Å². The van der Waals surface area contributed by atoms with Crippen LogP contribution in [0.4, 0.5) is 0 Å². The molecule has 0 bridgehead atoms. The van der Waals surface area contributed by atoms with Gasteiger partial charge in [-0.3, -0.25) is 14.6 Å². The van der Waals surface area contributed by atoms with Crippen molar-refractivity contribution in [1.29, 1.82) is 0 Å². The van der Waals surface area contributed by atoms with Gasteiger partial charge >= 0.3 is 5.97 Å². The third-order valence-corrected chi connectivity index (χ3v) is 5.71. The molecule has 32 heavy (non-hydrogen) atoms. The number of benzene rings is 2. The van der Waals surface area contributed by atoms with E-state index < -0.39 is 0 Å². The molecule has 0 amide bonds. The molecule has 1 fully saturated rings. The van der Waals surface area contributed by atoms with Gasteiger partial charge in [-0.1, -0.05) is 60.7 Å². The predicted molar refractivity (Wildman–Crippen MR) is 129 cm³/mol. The molecular weight excluding hydrogens is 400 g/mol. The molecule has 0 unspecified atom stereocenters. The summed E-state index contributed by atoms with van der Waals surface area (Å²) >= 11 is 0. The van der Waals surface area contributed by atoms with Crippen LogP contribution in [0.25, 0.3) is 0 Å². The standard InChI is InChI=1S/C26H38N4O2/c31-26(32-23-25-11-5-2-6-12-25)22-30-18-8-14-27-15-19-29(17-7-13-28-16-20-30)21-24-9-3-1-4-10-24/h1-6,9-12,27-28H,7-8,13-23H2. The normalized spacial score (nSPS) is 18.0. The van der Waals surface area contributed by atoms with Crippen LogP contribution in [0, 0.1) is 0 Å². The van der Waals surface area contributed by atoms with Gasteiger partial charge in [0.2, 0.25) is 0 Å². The van der Waals surface area contributed by atoms with Gasteiger partial charge in [-0.15, -0.1) is 0 Å². The average Bonchev–Trinajstić information content (AvgIpc) is 2.82. The summed E-state index contributed by atoms with van der Waals surface area (Å²) in [7, 11) is 0. The Kier molecular flexibility index (Phi) is 11.2. The highest BCUT2D eigenvalue weighted by Gasteiger charge is 2.13. The van der Waals surface area contributed by atoms with Gasteiger partial charge < -0.3 is 15.4 Å². The first kappa shape index (κ1) is 24.4. The molecule has 2 N–H and O–H groups in total. The number of rotatable bonds is 6. The Morgan fingerprint density at radius 1 is 0.719 bits per heavy atom. The zero-order chi connectivity index (χ0) is 22.3. The Hall–Kier alpha value is -2.25. The topological polar surface area (TPSA) is 56.8 Å². The van der Waals surface area contributed by atoms with E-state index in [9.17, 15) is 4.79 Å². The molecule has 0 spiro atoms. The Bertz CT molecular complexity index is 741. The van der Waals surface area contributed by atoms with Gasteiger partial charge in [-0.2, -0.15) is 0 Å². The predicted octanol–water partition coefficient (Wildman–Crippen LogP) is 2.51. The van der Waals surface area contributed by atoms with E-state index in [0.717, 1.165) is 77.3 Å². The van der Waals surface area contributed by atoms with Gasteiger partial charge in [-0.25, -0.2) is 0 Å². The number of ether oxygens (including phenoxy) is 1. The quantitative estimate of drug-likeness (QED) is 0.676. The van der Waals surface area contributed by atoms with Crippen molar-refractivity contribution in [2.45, 2.75) is 26.0 Å². The lowest BCUT2D eigenvalue weighted by molar-refractivity contribution is -0.146. The van der Waals surface area contributed by atoms with E-state index in [0.29, 0.717) is 13.2 Å². The number of esters is 1. The molecule has 6 heteroatoms. The summed E-state index contributed by atoms with van der Waals surface area (Å²) < 4.78 is 5.48. The minimum Gasteiger partial charge on any atom is -0.460 e. The van der Waals surface area contributed by atoms with Gasteiger partial charge in [-0.05, 0) is 50.1 Å². The van der Waals surface area contributed by atoms with Crippen LogP contribution in [-0.2, 0) is 22.7 Å². The summed E-state index contributed by atoms with van der Waals surface area (Å²) in [4.78, 5) is 17.1. The zero-order valence-corrected chi connectivity index (χ0v) is 19.2. The summed E-state index contributed by atoms with van der Waals surface area (Å²) in [5.41, 5.74) is 2.39. The van der Waals surface area contributed by atoms with Gasteiger partial charge in [0.05, 0.1) is 6.54 Å². The van der Waals surface area contributed by atoms with Crippen molar-refractivity contribution >= 4 is 5.97 Å². The summed E-state index contributed by atoms with van der Waals surface area (Å²) in [6.07, 6.45) is 2.14. The second-order valence-electron chi connectivity index (χ2n) is 8.39. The van der Waals surface area contributed by atoms with Crippen LogP contribution in [0.1, 0.15) is 24.0 Å². The van der Waals surface area contributed by atoms with Gasteiger partial charge in [0.15, 0.2) is 0 Å².